The maximum Gasteiger partial charge on any atom is 0.417 e. The monoisotopic (exact) mass is 491 g/mol. The van der Waals surface area contributed by atoms with E-state index in [1.807, 2.05) is 6.92 Å². The summed E-state index contributed by atoms with van der Waals surface area (Å²) < 4.78 is 44.8. The highest BCUT2D eigenvalue weighted by Gasteiger charge is 2.30. The van der Waals surface area contributed by atoms with Crippen LogP contribution in [0.1, 0.15) is 35.9 Å². The molecule has 3 heterocycles. The van der Waals surface area contributed by atoms with Gasteiger partial charge in [-0.3, -0.25) is 14.5 Å². The predicted octanol–water partition coefficient (Wildman–Crippen LogP) is 4.07. The molecule has 3 N–H and O–H groups in total. The van der Waals surface area contributed by atoms with E-state index in [4.69, 9.17) is 4.74 Å². The Balaban J connectivity index is 1.61. The van der Waals surface area contributed by atoms with Gasteiger partial charge in [0.05, 0.1) is 53.6 Å². The van der Waals surface area contributed by atoms with Crippen molar-refractivity contribution in [3.8, 4) is 0 Å². The quantitative estimate of drug-likeness (QED) is 0.393. The average molecular weight is 492 g/mol. The molecule has 12 heteroatoms. The molecular formula is C23H28F3N7O2. The zero-order valence-electron chi connectivity index (χ0n) is 19.9. The lowest BCUT2D eigenvalue weighted by molar-refractivity contribution is -0.137. The fraction of sp³-hybridized carbons (Fsp3) is 0.391. The van der Waals surface area contributed by atoms with Crippen LogP contribution in [0.4, 0.5) is 30.4 Å². The Kier molecular flexibility index (Phi) is 8.28. The summed E-state index contributed by atoms with van der Waals surface area (Å²) in [5.41, 5.74) is 2.49. The number of aryl methyl sites for hydroxylation is 1. The van der Waals surface area contributed by atoms with Gasteiger partial charge in [0.15, 0.2) is 0 Å². The van der Waals surface area contributed by atoms with E-state index in [1.54, 1.807) is 44.2 Å². The lowest BCUT2D eigenvalue weighted by Crippen LogP contribution is -2.20. The van der Waals surface area contributed by atoms with Crippen molar-refractivity contribution < 1.29 is 22.7 Å². The van der Waals surface area contributed by atoms with E-state index < -0.39 is 11.7 Å². The summed E-state index contributed by atoms with van der Waals surface area (Å²) >= 11 is 0. The molecule has 0 aliphatic heterocycles. The van der Waals surface area contributed by atoms with Gasteiger partial charge >= 0.3 is 6.18 Å². The molecule has 3 rings (SSSR count). The highest BCUT2D eigenvalue weighted by molar-refractivity contribution is 5.95. The van der Waals surface area contributed by atoms with Gasteiger partial charge in [-0.05, 0) is 26.0 Å². The molecule has 0 saturated heterocycles. The number of rotatable bonds is 10. The molecular weight excluding hydrogens is 463 g/mol. The molecule has 1 amide bonds. The number of ether oxygens (including phenoxy) is 1. The van der Waals surface area contributed by atoms with Crippen LogP contribution in [0, 0.1) is 6.92 Å². The van der Waals surface area contributed by atoms with Crippen LogP contribution in [-0.2, 0) is 28.8 Å². The van der Waals surface area contributed by atoms with Gasteiger partial charge in [-0.15, -0.1) is 0 Å². The van der Waals surface area contributed by atoms with Crippen LogP contribution in [0.3, 0.4) is 0 Å². The number of nitrogens with zero attached hydrogens (tertiary/aromatic N) is 4. The second kappa shape index (κ2) is 11.2. The number of amides is 1. The molecule has 0 unspecified atom stereocenters. The highest BCUT2D eigenvalue weighted by atomic mass is 19.4. The summed E-state index contributed by atoms with van der Waals surface area (Å²) in [5.74, 6) is 0.434. The van der Waals surface area contributed by atoms with Crippen LogP contribution in [-0.4, -0.2) is 45.9 Å². The number of pyridine rings is 2. The number of nitrogens with one attached hydrogen (secondary N) is 3. The van der Waals surface area contributed by atoms with E-state index in [-0.39, 0.29) is 25.0 Å². The minimum absolute atomic E-state index is 0.170. The number of carbonyl (C=O) groups is 1. The van der Waals surface area contributed by atoms with Crippen molar-refractivity contribution in [2.45, 2.75) is 45.6 Å². The topological polar surface area (TPSA) is 106 Å². The Bertz CT molecular complexity index is 1150. The summed E-state index contributed by atoms with van der Waals surface area (Å²) in [6.07, 6.45) is -0.122. The number of alkyl halides is 3. The van der Waals surface area contributed by atoms with E-state index in [0.29, 0.717) is 35.1 Å². The minimum atomic E-state index is -4.41. The molecule has 9 nitrogen and oxygen atoms in total. The number of anilines is 3. The fourth-order valence-electron chi connectivity index (χ4n) is 3.28. The van der Waals surface area contributed by atoms with Crippen molar-refractivity contribution in [1.29, 1.82) is 0 Å². The Labute approximate surface area is 201 Å². The smallest absolute Gasteiger partial charge is 0.386 e. The second-order valence-electron chi connectivity index (χ2n) is 8.00. The van der Waals surface area contributed by atoms with Crippen LogP contribution in [0.2, 0.25) is 0 Å². The van der Waals surface area contributed by atoms with Gasteiger partial charge in [-0.25, -0.2) is 4.98 Å². The molecule has 0 spiro atoms. The second-order valence-corrected chi connectivity index (χ2v) is 8.00. The van der Waals surface area contributed by atoms with E-state index in [0.717, 1.165) is 17.8 Å². The minimum Gasteiger partial charge on any atom is -0.386 e. The van der Waals surface area contributed by atoms with Crippen LogP contribution >= 0.6 is 0 Å². The molecule has 0 aliphatic carbocycles. The molecule has 3 aromatic rings. The third-order valence-electron chi connectivity index (χ3n) is 5.25. The third-order valence-corrected chi connectivity index (χ3v) is 5.25. The number of halogens is 3. The fourth-order valence-corrected chi connectivity index (χ4v) is 3.28. The standard InChI is InChI=1S/C23H28F3N7O2/c1-14(35-4)7-21(34)32-22-15(2)31-20(8-19(22)27-3)29-9-16-10-30-33(12-16)13-18-6-5-17(11-28-18)23(24,25)26/h5-6,8,10-12,14H,7,9,13H2,1-4H3,(H,32,34)(H2,27,29,31)/t14-/m1/s1. The summed E-state index contributed by atoms with van der Waals surface area (Å²) in [7, 11) is 3.31. The number of hydrogen-bond donors (Lipinski definition) is 3. The molecule has 0 fully saturated rings. The zero-order chi connectivity index (χ0) is 25.6. The average Bonchev–Trinajstić information content (AvgIpc) is 3.26. The largest absolute Gasteiger partial charge is 0.417 e. The van der Waals surface area contributed by atoms with Crippen LogP contribution in [0.5, 0.6) is 0 Å². The van der Waals surface area contributed by atoms with Crippen molar-refractivity contribution in [3.05, 3.63) is 59.3 Å². The molecule has 0 saturated carbocycles. The van der Waals surface area contributed by atoms with Crippen LogP contribution in [0.25, 0.3) is 0 Å². The number of carbonyl (C=O) groups excluding carboxylic acids is 1. The van der Waals surface area contributed by atoms with Gasteiger partial charge in [-0.2, -0.15) is 18.3 Å². The Morgan fingerprint density at radius 1 is 1.26 bits per heavy atom. The van der Waals surface area contributed by atoms with Gasteiger partial charge in [0.2, 0.25) is 5.91 Å². The molecule has 1 atom stereocenters. The van der Waals surface area contributed by atoms with E-state index in [2.05, 4.69) is 31.0 Å². The maximum atomic E-state index is 12.7. The van der Waals surface area contributed by atoms with E-state index >= 15 is 0 Å². The Hall–Kier alpha value is -3.67. The van der Waals surface area contributed by atoms with E-state index in [9.17, 15) is 18.0 Å². The number of methoxy groups -OCH3 is 1. The van der Waals surface area contributed by atoms with Crippen LogP contribution in [0.15, 0.2) is 36.8 Å². The van der Waals surface area contributed by atoms with Gasteiger partial charge in [0, 0.05) is 44.7 Å². The SMILES string of the molecule is CNc1cc(NCc2cnn(Cc3ccc(C(F)(F)F)cn3)c2)nc(C)c1NC(=O)C[C@@H](C)OC. The molecule has 3 aromatic heterocycles. The summed E-state index contributed by atoms with van der Waals surface area (Å²) in [5, 5.41) is 13.4. The predicted molar refractivity (Wildman–Crippen MR) is 126 cm³/mol. The molecule has 0 radical (unpaired) electrons. The summed E-state index contributed by atoms with van der Waals surface area (Å²) in [4.78, 5) is 20.7. The first-order chi connectivity index (χ1) is 16.6. The number of hydrogen-bond acceptors (Lipinski definition) is 7. The first kappa shape index (κ1) is 25.9. The van der Waals surface area contributed by atoms with Gasteiger partial charge < -0.3 is 20.7 Å². The van der Waals surface area contributed by atoms with Gasteiger partial charge in [-0.1, -0.05) is 0 Å². The normalized spacial score (nSPS) is 12.3. The van der Waals surface area contributed by atoms with Crippen molar-refractivity contribution >= 4 is 23.1 Å². The van der Waals surface area contributed by atoms with Gasteiger partial charge in [0.1, 0.15) is 5.82 Å². The zero-order valence-corrected chi connectivity index (χ0v) is 19.9. The van der Waals surface area contributed by atoms with Crippen molar-refractivity contribution in [2.75, 3.05) is 30.1 Å². The first-order valence-corrected chi connectivity index (χ1v) is 10.9. The summed E-state index contributed by atoms with van der Waals surface area (Å²) in [6, 6.07) is 4.13. The number of aromatic nitrogens is 4. The van der Waals surface area contributed by atoms with Crippen molar-refractivity contribution in [2.24, 2.45) is 0 Å². The molecule has 188 valence electrons. The molecule has 0 bridgehead atoms. The Morgan fingerprint density at radius 3 is 2.66 bits per heavy atom. The highest BCUT2D eigenvalue weighted by Crippen LogP contribution is 2.29. The van der Waals surface area contributed by atoms with Crippen LogP contribution < -0.4 is 16.0 Å². The van der Waals surface area contributed by atoms with Crippen molar-refractivity contribution in [1.82, 2.24) is 19.7 Å². The molecule has 35 heavy (non-hydrogen) atoms. The Morgan fingerprint density at radius 2 is 2.03 bits per heavy atom. The lowest BCUT2D eigenvalue weighted by atomic mass is 10.2. The molecule has 0 aromatic carbocycles. The maximum absolute atomic E-state index is 12.7. The van der Waals surface area contributed by atoms with Gasteiger partial charge in [0.25, 0.3) is 0 Å². The lowest BCUT2D eigenvalue weighted by Gasteiger charge is -2.16. The van der Waals surface area contributed by atoms with E-state index in [1.165, 1.54) is 6.07 Å². The third kappa shape index (κ3) is 7.15. The summed E-state index contributed by atoms with van der Waals surface area (Å²) in [6.45, 7) is 4.29. The molecule has 0 aliphatic rings. The van der Waals surface area contributed by atoms with Crippen molar-refractivity contribution in [3.63, 3.8) is 0 Å². The first-order valence-electron chi connectivity index (χ1n) is 10.9.